The molecule has 17 heavy (non-hydrogen) atoms. The Morgan fingerprint density at radius 2 is 1.88 bits per heavy atom. The minimum Gasteiger partial charge on any atom is -0.409 e. The predicted molar refractivity (Wildman–Crippen MR) is 69.2 cm³/mol. The van der Waals surface area contributed by atoms with Gasteiger partial charge >= 0.3 is 0 Å². The molecule has 4 heteroatoms. The molecule has 100 valence electrons. The second kappa shape index (κ2) is 7.54. The lowest BCUT2D eigenvalue weighted by atomic mass is 9.82. The van der Waals surface area contributed by atoms with Crippen molar-refractivity contribution < 1.29 is 9.94 Å². The summed E-state index contributed by atoms with van der Waals surface area (Å²) in [5.74, 6) is 1.90. The fourth-order valence-corrected chi connectivity index (χ4v) is 2.72. The van der Waals surface area contributed by atoms with Crippen molar-refractivity contribution >= 4 is 5.84 Å². The summed E-state index contributed by atoms with van der Waals surface area (Å²) in [6.07, 6.45) is 6.73. The van der Waals surface area contributed by atoms with E-state index in [9.17, 15) is 0 Å². The highest BCUT2D eigenvalue weighted by Crippen LogP contribution is 2.30. The predicted octanol–water partition coefficient (Wildman–Crippen LogP) is 2.74. The standard InChI is InChI=1S/C13H26N2O2/c1-10-7-11(2)9-12(8-10)17-6-4-3-5-13(14)15-16/h10-12,16H,3-9H2,1-2H3,(H2,14,15). The molecule has 2 unspecified atom stereocenters. The fourth-order valence-electron chi connectivity index (χ4n) is 2.72. The maximum atomic E-state index is 8.39. The Bertz CT molecular complexity index is 234. The molecule has 0 aromatic heterocycles. The molecule has 4 nitrogen and oxygen atoms in total. The quantitative estimate of drug-likeness (QED) is 0.247. The summed E-state index contributed by atoms with van der Waals surface area (Å²) < 4.78 is 5.90. The number of rotatable bonds is 6. The van der Waals surface area contributed by atoms with Crippen LogP contribution in [-0.2, 0) is 4.74 Å². The van der Waals surface area contributed by atoms with Gasteiger partial charge in [-0.15, -0.1) is 0 Å². The molecule has 0 aromatic carbocycles. The Labute approximate surface area is 104 Å². The zero-order valence-corrected chi connectivity index (χ0v) is 11.1. The fraction of sp³-hybridized carbons (Fsp3) is 0.923. The molecule has 1 aliphatic carbocycles. The van der Waals surface area contributed by atoms with Gasteiger partial charge in [0.2, 0.25) is 0 Å². The van der Waals surface area contributed by atoms with Gasteiger partial charge in [-0.3, -0.25) is 0 Å². The van der Waals surface area contributed by atoms with Crippen molar-refractivity contribution in [1.29, 1.82) is 0 Å². The molecule has 0 aromatic rings. The van der Waals surface area contributed by atoms with Crippen molar-refractivity contribution in [3.8, 4) is 0 Å². The second-order valence-corrected chi connectivity index (χ2v) is 5.46. The summed E-state index contributed by atoms with van der Waals surface area (Å²) in [5, 5.41) is 11.3. The van der Waals surface area contributed by atoms with E-state index in [4.69, 9.17) is 15.7 Å². The molecule has 0 aliphatic heterocycles. The minimum absolute atomic E-state index is 0.310. The SMILES string of the molecule is CC1CC(C)CC(OCCCCC(N)=NO)C1. The van der Waals surface area contributed by atoms with Crippen molar-refractivity contribution in [2.45, 2.75) is 58.5 Å². The molecule has 1 fully saturated rings. The highest BCUT2D eigenvalue weighted by molar-refractivity contribution is 5.79. The Hall–Kier alpha value is -0.770. The van der Waals surface area contributed by atoms with Gasteiger partial charge in [0.1, 0.15) is 5.84 Å². The number of unbranched alkanes of at least 4 members (excludes halogenated alkanes) is 1. The van der Waals surface area contributed by atoms with E-state index in [0.717, 1.165) is 31.3 Å². The molecule has 1 rings (SSSR count). The van der Waals surface area contributed by atoms with Gasteiger partial charge in [0, 0.05) is 13.0 Å². The largest absolute Gasteiger partial charge is 0.409 e. The van der Waals surface area contributed by atoms with E-state index in [1.165, 1.54) is 19.3 Å². The van der Waals surface area contributed by atoms with Crippen LogP contribution in [0.25, 0.3) is 0 Å². The maximum absolute atomic E-state index is 8.39. The number of oxime groups is 1. The Morgan fingerprint density at radius 1 is 1.24 bits per heavy atom. The van der Waals surface area contributed by atoms with E-state index in [-0.39, 0.29) is 0 Å². The molecule has 0 amide bonds. The van der Waals surface area contributed by atoms with Gasteiger partial charge < -0.3 is 15.7 Å². The first-order chi connectivity index (χ1) is 8.11. The number of ether oxygens (including phenoxy) is 1. The van der Waals surface area contributed by atoms with Crippen LogP contribution in [0.5, 0.6) is 0 Å². The van der Waals surface area contributed by atoms with Crippen LogP contribution in [0.4, 0.5) is 0 Å². The van der Waals surface area contributed by atoms with Crippen molar-refractivity contribution in [3.63, 3.8) is 0 Å². The summed E-state index contributed by atoms with van der Waals surface area (Å²) in [6.45, 7) is 5.41. The number of nitrogens with zero attached hydrogens (tertiary/aromatic N) is 1. The Kier molecular flexibility index (Phi) is 6.34. The summed E-state index contributed by atoms with van der Waals surface area (Å²) in [5.41, 5.74) is 5.39. The van der Waals surface area contributed by atoms with Crippen LogP contribution < -0.4 is 5.73 Å². The van der Waals surface area contributed by atoms with Crippen LogP contribution in [0.15, 0.2) is 5.16 Å². The summed E-state index contributed by atoms with van der Waals surface area (Å²) in [6, 6.07) is 0. The third-order valence-electron chi connectivity index (χ3n) is 3.44. The lowest BCUT2D eigenvalue weighted by Crippen LogP contribution is -2.26. The van der Waals surface area contributed by atoms with Gasteiger partial charge in [-0.1, -0.05) is 19.0 Å². The van der Waals surface area contributed by atoms with E-state index in [2.05, 4.69) is 19.0 Å². The molecule has 0 spiro atoms. The molecule has 1 saturated carbocycles. The third-order valence-corrected chi connectivity index (χ3v) is 3.44. The molecule has 2 atom stereocenters. The minimum atomic E-state index is 0.310. The van der Waals surface area contributed by atoms with Gasteiger partial charge in [0.05, 0.1) is 6.10 Å². The average Bonchev–Trinajstić information content (AvgIpc) is 2.27. The highest BCUT2D eigenvalue weighted by Gasteiger charge is 2.23. The van der Waals surface area contributed by atoms with Gasteiger partial charge in [0.15, 0.2) is 0 Å². The normalized spacial score (nSPS) is 30.5. The monoisotopic (exact) mass is 242 g/mol. The van der Waals surface area contributed by atoms with Crippen LogP contribution in [-0.4, -0.2) is 23.8 Å². The Balaban J connectivity index is 2.06. The molecule has 0 heterocycles. The van der Waals surface area contributed by atoms with Crippen LogP contribution in [0.3, 0.4) is 0 Å². The van der Waals surface area contributed by atoms with Gasteiger partial charge in [-0.05, 0) is 43.9 Å². The zero-order chi connectivity index (χ0) is 12.7. The van der Waals surface area contributed by atoms with Gasteiger partial charge in [-0.2, -0.15) is 0 Å². The number of hydrogen-bond acceptors (Lipinski definition) is 3. The molecular weight excluding hydrogens is 216 g/mol. The molecular formula is C13H26N2O2. The first kappa shape index (κ1) is 14.3. The molecule has 0 radical (unpaired) electrons. The van der Waals surface area contributed by atoms with Crippen LogP contribution in [0, 0.1) is 11.8 Å². The maximum Gasteiger partial charge on any atom is 0.139 e. The molecule has 1 aliphatic rings. The van der Waals surface area contributed by atoms with E-state index >= 15 is 0 Å². The van der Waals surface area contributed by atoms with Crippen LogP contribution in [0.1, 0.15) is 52.4 Å². The van der Waals surface area contributed by atoms with E-state index in [1.807, 2.05) is 0 Å². The zero-order valence-electron chi connectivity index (χ0n) is 11.1. The highest BCUT2D eigenvalue weighted by atomic mass is 16.5. The topological polar surface area (TPSA) is 67.8 Å². The van der Waals surface area contributed by atoms with E-state index < -0.39 is 0 Å². The number of amidine groups is 1. The van der Waals surface area contributed by atoms with Gasteiger partial charge in [-0.25, -0.2) is 0 Å². The number of hydrogen-bond donors (Lipinski definition) is 2. The van der Waals surface area contributed by atoms with E-state index in [0.29, 0.717) is 18.4 Å². The van der Waals surface area contributed by atoms with Crippen LogP contribution in [0.2, 0.25) is 0 Å². The molecule has 0 bridgehead atoms. The first-order valence-electron chi connectivity index (χ1n) is 6.69. The third kappa shape index (κ3) is 5.91. The molecule has 3 N–H and O–H groups in total. The van der Waals surface area contributed by atoms with Crippen molar-refractivity contribution in [2.24, 2.45) is 22.7 Å². The average molecular weight is 242 g/mol. The number of nitrogens with two attached hydrogens (primary N) is 1. The Morgan fingerprint density at radius 3 is 2.47 bits per heavy atom. The lowest BCUT2D eigenvalue weighted by molar-refractivity contribution is -0.000328. The second-order valence-electron chi connectivity index (χ2n) is 5.46. The van der Waals surface area contributed by atoms with Crippen molar-refractivity contribution in [1.82, 2.24) is 0 Å². The smallest absolute Gasteiger partial charge is 0.139 e. The summed E-state index contributed by atoms with van der Waals surface area (Å²) in [4.78, 5) is 0. The summed E-state index contributed by atoms with van der Waals surface area (Å²) >= 11 is 0. The van der Waals surface area contributed by atoms with E-state index in [1.54, 1.807) is 0 Å². The summed E-state index contributed by atoms with van der Waals surface area (Å²) in [7, 11) is 0. The molecule has 0 saturated heterocycles. The lowest BCUT2D eigenvalue weighted by Gasteiger charge is -2.31. The van der Waals surface area contributed by atoms with Crippen LogP contribution >= 0.6 is 0 Å². The van der Waals surface area contributed by atoms with Crippen molar-refractivity contribution in [3.05, 3.63) is 0 Å². The van der Waals surface area contributed by atoms with Crippen molar-refractivity contribution in [2.75, 3.05) is 6.61 Å². The first-order valence-corrected chi connectivity index (χ1v) is 6.69. The van der Waals surface area contributed by atoms with Gasteiger partial charge in [0.25, 0.3) is 0 Å².